The third-order valence-corrected chi connectivity index (χ3v) is 4.07. The first-order valence-electron chi connectivity index (χ1n) is 7.68. The summed E-state index contributed by atoms with van der Waals surface area (Å²) in [7, 11) is 1.59. The van der Waals surface area contributed by atoms with E-state index < -0.39 is 0 Å². The molecule has 4 nitrogen and oxygen atoms in total. The van der Waals surface area contributed by atoms with E-state index in [1.807, 2.05) is 6.07 Å². The van der Waals surface area contributed by atoms with Crippen molar-refractivity contribution in [2.24, 2.45) is 0 Å². The molecule has 2 N–H and O–H groups in total. The largest absolute Gasteiger partial charge is 0.481 e. The molecule has 2 aromatic rings. The number of hydrogen-bond donors (Lipinski definition) is 2. The molecule has 0 saturated carbocycles. The zero-order chi connectivity index (χ0) is 16.8. The standard InChI is InChI=1S/C18H23N3OS/c1-5-16(14-7-6-12(2)13(3)10-14)21-18(23)20-15-8-9-17(22-4)19-11-15/h6-11,16H,5H2,1-4H3,(H2,20,21,23)/t16-/m1/s1. The van der Waals surface area contributed by atoms with Crippen molar-refractivity contribution >= 4 is 23.0 Å². The second-order valence-electron chi connectivity index (χ2n) is 5.49. The summed E-state index contributed by atoms with van der Waals surface area (Å²) in [6, 6.07) is 10.4. The molecule has 1 atom stereocenters. The fraction of sp³-hybridized carbons (Fsp3) is 0.333. The number of aromatic nitrogens is 1. The van der Waals surface area contributed by atoms with Gasteiger partial charge in [0.05, 0.1) is 25.0 Å². The van der Waals surface area contributed by atoms with Gasteiger partial charge in [-0.05, 0) is 55.2 Å². The molecule has 0 amide bonds. The second-order valence-corrected chi connectivity index (χ2v) is 5.90. The number of rotatable bonds is 5. The Hall–Kier alpha value is -2.14. The Morgan fingerprint density at radius 1 is 1.22 bits per heavy atom. The number of thiocarbonyl (C=S) groups is 1. The lowest BCUT2D eigenvalue weighted by Crippen LogP contribution is -2.32. The number of nitrogens with one attached hydrogen (secondary N) is 2. The lowest BCUT2D eigenvalue weighted by molar-refractivity contribution is 0.398. The maximum Gasteiger partial charge on any atom is 0.213 e. The topological polar surface area (TPSA) is 46.2 Å². The molecule has 1 aromatic carbocycles. The predicted octanol–water partition coefficient (Wildman–Crippen LogP) is 4.14. The first-order valence-corrected chi connectivity index (χ1v) is 8.09. The van der Waals surface area contributed by atoms with Gasteiger partial charge in [-0.15, -0.1) is 0 Å². The molecule has 2 rings (SSSR count). The van der Waals surface area contributed by atoms with Crippen LogP contribution >= 0.6 is 12.2 Å². The SMILES string of the molecule is CC[C@@H](NC(=S)Nc1ccc(OC)nc1)c1ccc(C)c(C)c1. The normalized spacial score (nSPS) is 11.7. The summed E-state index contributed by atoms with van der Waals surface area (Å²) in [5.41, 5.74) is 4.67. The van der Waals surface area contributed by atoms with Gasteiger partial charge in [0.1, 0.15) is 0 Å². The summed E-state index contributed by atoms with van der Waals surface area (Å²) >= 11 is 5.42. The highest BCUT2D eigenvalue weighted by Crippen LogP contribution is 2.20. The Labute approximate surface area is 143 Å². The average molecular weight is 329 g/mol. The molecule has 0 aliphatic carbocycles. The minimum absolute atomic E-state index is 0.181. The Morgan fingerprint density at radius 3 is 2.57 bits per heavy atom. The summed E-state index contributed by atoms with van der Waals surface area (Å²) in [5.74, 6) is 0.580. The van der Waals surface area contributed by atoms with Crippen LogP contribution in [0.5, 0.6) is 5.88 Å². The molecular weight excluding hydrogens is 306 g/mol. The Bertz CT molecular complexity index is 670. The molecule has 0 aliphatic heterocycles. The molecule has 1 heterocycles. The van der Waals surface area contributed by atoms with E-state index >= 15 is 0 Å². The second kappa shape index (κ2) is 7.92. The summed E-state index contributed by atoms with van der Waals surface area (Å²) in [6.07, 6.45) is 2.65. The van der Waals surface area contributed by atoms with E-state index in [1.165, 1.54) is 16.7 Å². The number of benzene rings is 1. The van der Waals surface area contributed by atoms with Gasteiger partial charge in [0.25, 0.3) is 0 Å². The van der Waals surface area contributed by atoms with Crippen LogP contribution in [-0.2, 0) is 0 Å². The lowest BCUT2D eigenvalue weighted by atomic mass is 9.99. The fourth-order valence-corrected chi connectivity index (χ4v) is 2.56. The van der Waals surface area contributed by atoms with Crippen molar-refractivity contribution in [3.05, 3.63) is 53.2 Å². The van der Waals surface area contributed by atoms with E-state index in [4.69, 9.17) is 17.0 Å². The molecule has 0 unspecified atom stereocenters. The van der Waals surface area contributed by atoms with Crippen LogP contribution in [0.1, 0.15) is 36.1 Å². The number of aryl methyl sites for hydroxylation is 2. The molecule has 0 bridgehead atoms. The third-order valence-electron chi connectivity index (χ3n) is 3.85. The van der Waals surface area contributed by atoms with E-state index in [1.54, 1.807) is 19.4 Å². The van der Waals surface area contributed by atoms with Crippen molar-refractivity contribution in [3.63, 3.8) is 0 Å². The molecule has 23 heavy (non-hydrogen) atoms. The van der Waals surface area contributed by atoms with Gasteiger partial charge >= 0.3 is 0 Å². The number of anilines is 1. The van der Waals surface area contributed by atoms with Crippen molar-refractivity contribution in [1.82, 2.24) is 10.3 Å². The Balaban J connectivity index is 2.02. The van der Waals surface area contributed by atoms with Crippen LogP contribution in [0.3, 0.4) is 0 Å². The van der Waals surface area contributed by atoms with Crippen LogP contribution in [0.2, 0.25) is 0 Å². The van der Waals surface area contributed by atoms with Crippen LogP contribution in [0.25, 0.3) is 0 Å². The average Bonchev–Trinajstić information content (AvgIpc) is 2.56. The summed E-state index contributed by atoms with van der Waals surface area (Å²) in [4.78, 5) is 4.16. The molecule has 0 aliphatic rings. The third kappa shape index (κ3) is 4.66. The summed E-state index contributed by atoms with van der Waals surface area (Å²) < 4.78 is 5.05. The van der Waals surface area contributed by atoms with Gasteiger partial charge in [0.2, 0.25) is 5.88 Å². The van der Waals surface area contributed by atoms with E-state index in [-0.39, 0.29) is 6.04 Å². The van der Waals surface area contributed by atoms with Gasteiger partial charge in [-0.3, -0.25) is 0 Å². The fourth-order valence-electron chi connectivity index (χ4n) is 2.30. The van der Waals surface area contributed by atoms with Crippen molar-refractivity contribution in [2.75, 3.05) is 12.4 Å². The zero-order valence-electron chi connectivity index (χ0n) is 14.0. The molecule has 0 spiro atoms. The number of pyridine rings is 1. The number of hydrogen-bond acceptors (Lipinski definition) is 3. The van der Waals surface area contributed by atoms with Gasteiger partial charge in [-0.25, -0.2) is 4.98 Å². The minimum Gasteiger partial charge on any atom is -0.481 e. The monoisotopic (exact) mass is 329 g/mol. The van der Waals surface area contributed by atoms with E-state index in [9.17, 15) is 0 Å². The number of nitrogens with zero attached hydrogens (tertiary/aromatic N) is 1. The zero-order valence-corrected chi connectivity index (χ0v) is 14.8. The van der Waals surface area contributed by atoms with E-state index in [2.05, 4.69) is 54.6 Å². The van der Waals surface area contributed by atoms with Crippen LogP contribution in [0, 0.1) is 13.8 Å². The van der Waals surface area contributed by atoms with Gasteiger partial charge in [0.15, 0.2) is 5.11 Å². The van der Waals surface area contributed by atoms with Crippen LogP contribution in [-0.4, -0.2) is 17.2 Å². The van der Waals surface area contributed by atoms with Crippen molar-refractivity contribution < 1.29 is 4.74 Å². The van der Waals surface area contributed by atoms with Gasteiger partial charge in [-0.1, -0.05) is 25.1 Å². The van der Waals surface area contributed by atoms with Gasteiger partial charge in [-0.2, -0.15) is 0 Å². The molecule has 0 fully saturated rings. The van der Waals surface area contributed by atoms with Crippen LogP contribution in [0.15, 0.2) is 36.5 Å². The van der Waals surface area contributed by atoms with Crippen LogP contribution < -0.4 is 15.4 Å². The van der Waals surface area contributed by atoms with Crippen LogP contribution in [0.4, 0.5) is 5.69 Å². The van der Waals surface area contributed by atoms with Crippen molar-refractivity contribution in [3.8, 4) is 5.88 Å². The Kier molecular flexibility index (Phi) is 5.93. The molecule has 0 radical (unpaired) electrons. The quantitative estimate of drug-likeness (QED) is 0.807. The maximum atomic E-state index is 5.42. The van der Waals surface area contributed by atoms with Crippen molar-refractivity contribution in [2.45, 2.75) is 33.2 Å². The minimum atomic E-state index is 0.181. The van der Waals surface area contributed by atoms with Crippen molar-refractivity contribution in [1.29, 1.82) is 0 Å². The maximum absolute atomic E-state index is 5.42. The highest BCUT2D eigenvalue weighted by atomic mass is 32.1. The predicted molar refractivity (Wildman–Crippen MR) is 99.1 cm³/mol. The molecular formula is C18H23N3OS. The number of ether oxygens (including phenoxy) is 1. The lowest BCUT2D eigenvalue weighted by Gasteiger charge is -2.21. The van der Waals surface area contributed by atoms with Gasteiger partial charge in [0, 0.05) is 6.07 Å². The first-order chi connectivity index (χ1) is 11.0. The highest BCUT2D eigenvalue weighted by molar-refractivity contribution is 7.80. The summed E-state index contributed by atoms with van der Waals surface area (Å²) in [6.45, 7) is 6.39. The highest BCUT2D eigenvalue weighted by Gasteiger charge is 2.11. The molecule has 0 saturated heterocycles. The Morgan fingerprint density at radius 2 is 2.00 bits per heavy atom. The first kappa shape index (κ1) is 17.2. The smallest absolute Gasteiger partial charge is 0.213 e. The van der Waals surface area contributed by atoms with E-state index in [0.717, 1.165) is 12.1 Å². The van der Waals surface area contributed by atoms with Gasteiger partial charge < -0.3 is 15.4 Å². The molecule has 5 heteroatoms. The molecule has 122 valence electrons. The number of methoxy groups -OCH3 is 1. The van der Waals surface area contributed by atoms with E-state index in [0.29, 0.717) is 11.0 Å². The summed E-state index contributed by atoms with van der Waals surface area (Å²) in [5, 5.41) is 7.11. The molecule has 1 aromatic heterocycles.